The number of furan rings is 1. The second kappa shape index (κ2) is 4.25. The molecule has 0 unspecified atom stereocenters. The van der Waals surface area contributed by atoms with Crippen LogP contribution >= 0.6 is 0 Å². The predicted octanol–water partition coefficient (Wildman–Crippen LogP) is 2.85. The minimum absolute atomic E-state index is 0.0446. The summed E-state index contributed by atoms with van der Waals surface area (Å²) < 4.78 is 5.16. The van der Waals surface area contributed by atoms with E-state index < -0.39 is 5.97 Å². The number of hydrogen-bond acceptors (Lipinski definition) is 3. The van der Waals surface area contributed by atoms with E-state index >= 15 is 0 Å². The summed E-state index contributed by atoms with van der Waals surface area (Å²) in [5.41, 5.74) is 1.25. The lowest BCUT2D eigenvalue weighted by Crippen LogP contribution is -1.92. The van der Waals surface area contributed by atoms with Crippen LogP contribution in [-0.2, 0) is 0 Å². The largest absolute Gasteiger partial charge is 0.475 e. The van der Waals surface area contributed by atoms with Crippen molar-refractivity contribution in [3.8, 4) is 11.3 Å². The van der Waals surface area contributed by atoms with Crippen molar-refractivity contribution in [3.63, 3.8) is 0 Å². The molecule has 86 valence electrons. The molecular weight excluding hydrogens is 220 g/mol. The van der Waals surface area contributed by atoms with Crippen molar-refractivity contribution in [2.24, 2.45) is 0 Å². The molecule has 1 N–H and O–H groups in total. The maximum absolute atomic E-state index is 11.2. The van der Waals surface area contributed by atoms with Crippen LogP contribution in [0.2, 0.25) is 0 Å². The molecule has 0 aliphatic carbocycles. The van der Waals surface area contributed by atoms with E-state index in [1.54, 1.807) is 30.3 Å². The Morgan fingerprint density at radius 1 is 1.18 bits per heavy atom. The third-order valence-electron chi connectivity index (χ3n) is 2.37. The van der Waals surface area contributed by atoms with Gasteiger partial charge in [0.2, 0.25) is 5.76 Å². The van der Waals surface area contributed by atoms with Crippen molar-refractivity contribution >= 4 is 11.8 Å². The molecule has 1 aromatic carbocycles. The highest BCUT2D eigenvalue weighted by Gasteiger charge is 2.11. The van der Waals surface area contributed by atoms with E-state index in [1.807, 2.05) is 0 Å². The van der Waals surface area contributed by atoms with Crippen molar-refractivity contribution in [3.05, 3.63) is 47.7 Å². The van der Waals surface area contributed by atoms with E-state index in [9.17, 15) is 9.59 Å². The number of rotatable bonds is 3. The fourth-order valence-corrected chi connectivity index (χ4v) is 1.50. The number of ketones is 1. The lowest BCUT2D eigenvalue weighted by Gasteiger charge is -1.99. The molecule has 0 radical (unpaired) electrons. The van der Waals surface area contributed by atoms with Crippen molar-refractivity contribution in [2.75, 3.05) is 0 Å². The first-order valence-corrected chi connectivity index (χ1v) is 5.02. The quantitative estimate of drug-likeness (QED) is 0.823. The molecular formula is C13H10O4. The number of Topliss-reactive ketones (excluding diaryl/α,β-unsaturated/α-hetero) is 1. The standard InChI is InChI=1S/C13H10O4/c1-8(14)9-3-2-4-10(7-9)11-5-6-12(17-11)13(15)16/h2-7H,1H3,(H,15,16). The molecule has 0 atom stereocenters. The van der Waals surface area contributed by atoms with Gasteiger partial charge in [0.25, 0.3) is 0 Å². The Morgan fingerprint density at radius 2 is 1.94 bits per heavy atom. The summed E-state index contributed by atoms with van der Waals surface area (Å²) in [6.45, 7) is 1.48. The average molecular weight is 230 g/mol. The van der Waals surface area contributed by atoms with E-state index in [2.05, 4.69) is 0 Å². The molecule has 0 bridgehead atoms. The van der Waals surface area contributed by atoms with Crippen molar-refractivity contribution < 1.29 is 19.1 Å². The maximum Gasteiger partial charge on any atom is 0.371 e. The summed E-state index contributed by atoms with van der Waals surface area (Å²) in [5.74, 6) is -0.838. The molecule has 2 rings (SSSR count). The van der Waals surface area contributed by atoms with Crippen molar-refractivity contribution in [2.45, 2.75) is 6.92 Å². The van der Waals surface area contributed by atoms with Gasteiger partial charge in [-0.25, -0.2) is 4.79 Å². The second-order valence-electron chi connectivity index (χ2n) is 3.61. The fourth-order valence-electron chi connectivity index (χ4n) is 1.50. The lowest BCUT2D eigenvalue weighted by atomic mass is 10.1. The van der Waals surface area contributed by atoms with Crippen LogP contribution in [0.3, 0.4) is 0 Å². The molecule has 4 heteroatoms. The Balaban J connectivity index is 2.42. The molecule has 0 amide bonds. The summed E-state index contributed by atoms with van der Waals surface area (Å²) in [7, 11) is 0. The lowest BCUT2D eigenvalue weighted by molar-refractivity contribution is 0.0663. The Bertz CT molecular complexity index is 581. The molecule has 1 heterocycles. The first-order chi connectivity index (χ1) is 8.08. The summed E-state index contributed by atoms with van der Waals surface area (Å²) in [6.07, 6.45) is 0. The highest BCUT2D eigenvalue weighted by molar-refractivity contribution is 5.95. The number of carboxylic acids is 1. The number of aromatic carboxylic acids is 1. The highest BCUT2D eigenvalue weighted by Crippen LogP contribution is 2.23. The van der Waals surface area contributed by atoms with Gasteiger partial charge in [-0.05, 0) is 25.1 Å². The van der Waals surface area contributed by atoms with Crippen LogP contribution in [0.4, 0.5) is 0 Å². The Morgan fingerprint density at radius 3 is 2.53 bits per heavy atom. The van der Waals surface area contributed by atoms with Gasteiger partial charge in [-0.3, -0.25) is 4.79 Å². The van der Waals surface area contributed by atoms with Gasteiger partial charge in [0.15, 0.2) is 5.78 Å². The number of carboxylic acid groups (broad SMARTS) is 1. The Hall–Kier alpha value is -2.36. The molecule has 0 saturated carbocycles. The van der Waals surface area contributed by atoms with Gasteiger partial charge in [0.05, 0.1) is 0 Å². The second-order valence-corrected chi connectivity index (χ2v) is 3.61. The van der Waals surface area contributed by atoms with Crippen molar-refractivity contribution in [1.29, 1.82) is 0 Å². The molecule has 0 fully saturated rings. The van der Waals surface area contributed by atoms with E-state index in [0.717, 1.165) is 0 Å². The smallest absolute Gasteiger partial charge is 0.371 e. The normalized spacial score (nSPS) is 10.2. The topological polar surface area (TPSA) is 67.5 Å². The number of carbonyl (C=O) groups is 2. The molecule has 2 aromatic rings. The third-order valence-corrected chi connectivity index (χ3v) is 2.37. The molecule has 17 heavy (non-hydrogen) atoms. The molecule has 4 nitrogen and oxygen atoms in total. The first kappa shape index (κ1) is 11.1. The van der Waals surface area contributed by atoms with E-state index in [4.69, 9.17) is 9.52 Å². The first-order valence-electron chi connectivity index (χ1n) is 5.02. The van der Waals surface area contributed by atoms with Gasteiger partial charge >= 0.3 is 5.97 Å². The van der Waals surface area contributed by atoms with Gasteiger partial charge in [-0.1, -0.05) is 18.2 Å². The van der Waals surface area contributed by atoms with Gasteiger partial charge < -0.3 is 9.52 Å². The molecule has 0 spiro atoms. The van der Waals surface area contributed by atoms with Crippen LogP contribution in [0.25, 0.3) is 11.3 Å². The zero-order chi connectivity index (χ0) is 12.4. The highest BCUT2D eigenvalue weighted by atomic mass is 16.4. The summed E-state index contributed by atoms with van der Waals surface area (Å²) in [4.78, 5) is 21.9. The SMILES string of the molecule is CC(=O)c1cccc(-c2ccc(C(=O)O)o2)c1. The Labute approximate surface area is 97.5 Å². The molecule has 0 saturated heterocycles. The minimum atomic E-state index is -1.11. The molecule has 0 aliphatic rings. The minimum Gasteiger partial charge on any atom is -0.475 e. The monoisotopic (exact) mass is 230 g/mol. The van der Waals surface area contributed by atoms with Gasteiger partial charge in [-0.2, -0.15) is 0 Å². The summed E-state index contributed by atoms with van der Waals surface area (Å²) in [6, 6.07) is 9.83. The van der Waals surface area contributed by atoms with Crippen LogP contribution in [0.1, 0.15) is 27.8 Å². The zero-order valence-corrected chi connectivity index (χ0v) is 9.14. The number of benzene rings is 1. The molecule has 0 aliphatic heterocycles. The van der Waals surface area contributed by atoms with Gasteiger partial charge in [0, 0.05) is 11.1 Å². The summed E-state index contributed by atoms with van der Waals surface area (Å²) >= 11 is 0. The van der Waals surface area contributed by atoms with Crippen LogP contribution in [0.15, 0.2) is 40.8 Å². The average Bonchev–Trinajstić information content (AvgIpc) is 2.78. The van der Waals surface area contributed by atoms with E-state index in [0.29, 0.717) is 16.9 Å². The summed E-state index contributed by atoms with van der Waals surface area (Å²) in [5, 5.41) is 8.74. The Kier molecular flexibility index (Phi) is 2.78. The molecule has 1 aromatic heterocycles. The van der Waals surface area contributed by atoms with Crippen LogP contribution < -0.4 is 0 Å². The number of hydrogen-bond donors (Lipinski definition) is 1. The van der Waals surface area contributed by atoms with Gasteiger partial charge in [-0.15, -0.1) is 0 Å². The zero-order valence-electron chi connectivity index (χ0n) is 9.14. The van der Waals surface area contributed by atoms with Gasteiger partial charge in [0.1, 0.15) is 5.76 Å². The van der Waals surface area contributed by atoms with E-state index in [1.165, 1.54) is 13.0 Å². The fraction of sp³-hybridized carbons (Fsp3) is 0.0769. The predicted molar refractivity (Wildman–Crippen MR) is 61.1 cm³/mol. The van der Waals surface area contributed by atoms with E-state index in [-0.39, 0.29) is 11.5 Å². The van der Waals surface area contributed by atoms with Crippen LogP contribution in [-0.4, -0.2) is 16.9 Å². The van der Waals surface area contributed by atoms with Crippen molar-refractivity contribution in [1.82, 2.24) is 0 Å². The third kappa shape index (κ3) is 2.25. The number of carbonyl (C=O) groups excluding carboxylic acids is 1. The maximum atomic E-state index is 11.2. The van der Waals surface area contributed by atoms with Crippen LogP contribution in [0.5, 0.6) is 0 Å². The van der Waals surface area contributed by atoms with Crippen LogP contribution in [0, 0.1) is 0 Å².